The summed E-state index contributed by atoms with van der Waals surface area (Å²) in [4.78, 5) is 4.61. The Morgan fingerprint density at radius 2 is 1.96 bits per heavy atom. The highest BCUT2D eigenvalue weighted by Crippen LogP contribution is 2.41. The number of nitrogens with zero attached hydrogens (tertiary/aromatic N) is 1. The number of methoxy groups -OCH3 is 1. The highest BCUT2D eigenvalue weighted by molar-refractivity contribution is 14.0. The summed E-state index contributed by atoms with van der Waals surface area (Å²) >= 11 is 0. The second kappa shape index (κ2) is 9.47. The Bertz CT molecular complexity index is 525. The lowest BCUT2D eigenvalue weighted by Crippen LogP contribution is -2.28. The second-order valence-electron chi connectivity index (χ2n) is 6.58. The molecule has 1 aromatic rings. The summed E-state index contributed by atoms with van der Waals surface area (Å²) in [6.45, 7) is 5.81. The van der Waals surface area contributed by atoms with E-state index < -0.39 is 0 Å². The average Bonchev–Trinajstić information content (AvgIpc) is 2.96. The van der Waals surface area contributed by atoms with E-state index >= 15 is 0 Å². The average molecular weight is 431 g/mol. The first-order valence-corrected chi connectivity index (χ1v) is 8.18. The van der Waals surface area contributed by atoms with Crippen LogP contribution in [0.3, 0.4) is 0 Å². The first-order chi connectivity index (χ1) is 10.5. The number of aryl methyl sites for hydroxylation is 2. The fourth-order valence-corrected chi connectivity index (χ4v) is 3.19. The summed E-state index contributed by atoms with van der Waals surface area (Å²) in [5.41, 5.74) is 9.89. The van der Waals surface area contributed by atoms with Crippen molar-refractivity contribution in [2.75, 3.05) is 25.6 Å². The first-order valence-electron chi connectivity index (χ1n) is 8.18. The molecule has 0 unspecified atom stereocenters. The zero-order chi connectivity index (χ0) is 16.0. The minimum Gasteiger partial charge on any atom is -0.385 e. The van der Waals surface area contributed by atoms with Crippen LogP contribution < -0.4 is 11.1 Å². The van der Waals surface area contributed by atoms with Crippen LogP contribution in [0, 0.1) is 19.3 Å². The van der Waals surface area contributed by atoms with E-state index in [9.17, 15) is 0 Å². The van der Waals surface area contributed by atoms with Gasteiger partial charge in [-0.25, -0.2) is 0 Å². The molecular formula is C18H30IN3O. The van der Waals surface area contributed by atoms with E-state index in [1.165, 1.54) is 36.8 Å². The van der Waals surface area contributed by atoms with Crippen LogP contribution >= 0.6 is 24.0 Å². The molecule has 0 atom stereocenters. The van der Waals surface area contributed by atoms with E-state index in [0.717, 1.165) is 25.3 Å². The Hall–Kier alpha value is -0.820. The normalized spacial score (nSPS) is 16.9. The van der Waals surface area contributed by atoms with E-state index in [0.29, 0.717) is 5.96 Å². The van der Waals surface area contributed by atoms with Crippen LogP contribution in [0.5, 0.6) is 0 Å². The van der Waals surface area contributed by atoms with Gasteiger partial charge in [-0.1, -0.05) is 18.9 Å². The molecule has 3 N–H and O–H groups in total. The summed E-state index contributed by atoms with van der Waals surface area (Å²) in [6, 6.07) is 6.25. The topological polar surface area (TPSA) is 59.6 Å². The van der Waals surface area contributed by atoms with Gasteiger partial charge in [-0.05, 0) is 61.8 Å². The fraction of sp³-hybridized carbons (Fsp3) is 0.611. The van der Waals surface area contributed by atoms with Crippen LogP contribution in [0.25, 0.3) is 0 Å². The molecule has 1 fully saturated rings. The van der Waals surface area contributed by atoms with Crippen LogP contribution in [0.4, 0.5) is 5.69 Å². The predicted molar refractivity (Wildman–Crippen MR) is 109 cm³/mol. The van der Waals surface area contributed by atoms with Gasteiger partial charge in [-0.3, -0.25) is 4.99 Å². The predicted octanol–water partition coefficient (Wildman–Crippen LogP) is 4.24. The third-order valence-electron chi connectivity index (χ3n) is 4.86. The molecular weight excluding hydrogens is 401 g/mol. The largest absolute Gasteiger partial charge is 0.385 e. The molecule has 5 heteroatoms. The molecule has 0 bridgehead atoms. The van der Waals surface area contributed by atoms with E-state index in [-0.39, 0.29) is 29.4 Å². The van der Waals surface area contributed by atoms with Gasteiger partial charge in [0, 0.05) is 25.9 Å². The number of guanidine groups is 1. The van der Waals surface area contributed by atoms with Crippen molar-refractivity contribution in [3.63, 3.8) is 0 Å². The van der Waals surface area contributed by atoms with Crippen molar-refractivity contribution in [1.82, 2.24) is 0 Å². The molecule has 0 spiro atoms. The number of rotatable bonds is 6. The number of nitrogens with one attached hydrogen (secondary N) is 1. The minimum atomic E-state index is 0. The molecule has 130 valence electrons. The van der Waals surface area contributed by atoms with Gasteiger partial charge in [0.15, 0.2) is 5.96 Å². The Balaban J connectivity index is 0.00000264. The number of aliphatic imine (C=N–C) groups is 1. The van der Waals surface area contributed by atoms with Crippen LogP contribution in [0.1, 0.15) is 43.2 Å². The minimum absolute atomic E-state index is 0. The van der Waals surface area contributed by atoms with E-state index in [1.807, 2.05) is 6.07 Å². The van der Waals surface area contributed by atoms with Crippen LogP contribution in [-0.2, 0) is 4.74 Å². The van der Waals surface area contributed by atoms with Gasteiger partial charge in [-0.2, -0.15) is 0 Å². The summed E-state index contributed by atoms with van der Waals surface area (Å²) < 4.78 is 5.26. The van der Waals surface area contributed by atoms with Crippen LogP contribution in [-0.4, -0.2) is 26.2 Å². The number of benzene rings is 1. The maximum absolute atomic E-state index is 6.07. The third kappa shape index (κ3) is 5.95. The molecule has 23 heavy (non-hydrogen) atoms. The van der Waals surface area contributed by atoms with E-state index in [1.54, 1.807) is 7.11 Å². The molecule has 1 aliphatic rings. The Morgan fingerprint density at radius 1 is 1.26 bits per heavy atom. The highest BCUT2D eigenvalue weighted by atomic mass is 127. The van der Waals surface area contributed by atoms with Crippen molar-refractivity contribution in [2.24, 2.45) is 16.1 Å². The zero-order valence-corrected chi connectivity index (χ0v) is 16.9. The smallest absolute Gasteiger partial charge is 0.193 e. The van der Waals surface area contributed by atoms with Gasteiger partial charge in [0.25, 0.3) is 0 Å². The van der Waals surface area contributed by atoms with Gasteiger partial charge >= 0.3 is 0 Å². The van der Waals surface area contributed by atoms with Gasteiger partial charge in [0.1, 0.15) is 0 Å². The molecule has 4 nitrogen and oxygen atoms in total. The zero-order valence-electron chi connectivity index (χ0n) is 14.5. The lowest BCUT2D eigenvalue weighted by molar-refractivity contribution is 0.141. The van der Waals surface area contributed by atoms with Crippen LogP contribution in [0.2, 0.25) is 0 Å². The number of anilines is 1. The number of hydrogen-bond donors (Lipinski definition) is 2. The summed E-state index contributed by atoms with van der Waals surface area (Å²) in [5, 5.41) is 3.20. The molecule has 0 aliphatic heterocycles. The highest BCUT2D eigenvalue weighted by Gasteiger charge is 2.33. The molecule has 0 heterocycles. The lowest BCUT2D eigenvalue weighted by Gasteiger charge is -2.26. The van der Waals surface area contributed by atoms with Crippen molar-refractivity contribution in [3.05, 3.63) is 29.3 Å². The van der Waals surface area contributed by atoms with Crippen molar-refractivity contribution in [1.29, 1.82) is 0 Å². The summed E-state index contributed by atoms with van der Waals surface area (Å²) in [6.07, 6.45) is 6.13. The molecule has 1 aliphatic carbocycles. The first kappa shape index (κ1) is 20.2. The maximum atomic E-state index is 6.07. The molecule has 1 aromatic carbocycles. The monoisotopic (exact) mass is 431 g/mol. The fourth-order valence-electron chi connectivity index (χ4n) is 3.19. The molecule has 0 radical (unpaired) electrons. The van der Waals surface area contributed by atoms with E-state index in [4.69, 9.17) is 10.5 Å². The van der Waals surface area contributed by atoms with Crippen LogP contribution in [0.15, 0.2) is 23.2 Å². The van der Waals surface area contributed by atoms with Gasteiger partial charge in [0.2, 0.25) is 0 Å². The van der Waals surface area contributed by atoms with Crippen molar-refractivity contribution in [2.45, 2.75) is 46.0 Å². The Labute approximate surface area is 157 Å². The van der Waals surface area contributed by atoms with Crippen molar-refractivity contribution >= 4 is 35.6 Å². The lowest BCUT2D eigenvalue weighted by atomic mass is 9.83. The number of nitrogens with two attached hydrogens (primary N) is 1. The third-order valence-corrected chi connectivity index (χ3v) is 4.86. The number of halogens is 1. The molecule has 0 aromatic heterocycles. The molecule has 0 saturated heterocycles. The van der Waals surface area contributed by atoms with Crippen molar-refractivity contribution in [3.8, 4) is 0 Å². The van der Waals surface area contributed by atoms with E-state index in [2.05, 4.69) is 36.3 Å². The van der Waals surface area contributed by atoms with Gasteiger partial charge in [-0.15, -0.1) is 24.0 Å². The molecule has 2 rings (SSSR count). The molecule has 1 saturated carbocycles. The molecule has 0 amide bonds. The van der Waals surface area contributed by atoms with Crippen molar-refractivity contribution < 1.29 is 4.74 Å². The Morgan fingerprint density at radius 3 is 2.57 bits per heavy atom. The Kier molecular flexibility index (Phi) is 8.33. The number of ether oxygens (including phenoxy) is 1. The second-order valence-corrected chi connectivity index (χ2v) is 6.58. The van der Waals surface area contributed by atoms with Gasteiger partial charge < -0.3 is 15.8 Å². The maximum Gasteiger partial charge on any atom is 0.193 e. The SMILES string of the molecule is COCCC1(CN=C(N)Nc2ccc(C)c(C)c2)CCCC1.I. The summed E-state index contributed by atoms with van der Waals surface area (Å²) in [5.74, 6) is 0.506. The van der Waals surface area contributed by atoms with Gasteiger partial charge in [0.05, 0.1) is 0 Å². The number of hydrogen-bond acceptors (Lipinski definition) is 2. The quantitative estimate of drug-likeness (QED) is 0.402. The standard InChI is InChI=1S/C18H29N3O.HI/c1-14-6-7-16(12-15(14)2)21-17(19)20-13-18(10-11-22-3)8-4-5-9-18;/h6-7,12H,4-5,8-11,13H2,1-3H3,(H3,19,20,21);1H. The summed E-state index contributed by atoms with van der Waals surface area (Å²) in [7, 11) is 1.77.